The largest absolute Gasteiger partial charge is 0.392 e. The number of aliphatic hydroxyl groups is 1. The molecule has 2 aromatic rings. The first-order chi connectivity index (χ1) is 10.8. The van der Waals surface area contributed by atoms with Crippen LogP contribution in [-0.2, 0) is 13.1 Å². The first-order valence-corrected chi connectivity index (χ1v) is 8.35. The Labute approximate surface area is 138 Å². The normalized spacial score (nSPS) is 12.5. The maximum Gasteiger partial charge on any atom is 0.0667 e. The van der Waals surface area contributed by atoms with Gasteiger partial charge in [0.1, 0.15) is 0 Å². The van der Waals surface area contributed by atoms with E-state index in [1.165, 1.54) is 11.1 Å². The van der Waals surface area contributed by atoms with Gasteiger partial charge in [0, 0.05) is 25.5 Å². The molecule has 0 aliphatic carbocycles. The molecule has 1 unspecified atom stereocenters. The molecule has 2 nitrogen and oxygen atoms in total. The van der Waals surface area contributed by atoms with Crippen LogP contribution in [0.3, 0.4) is 0 Å². The van der Waals surface area contributed by atoms with Crippen molar-refractivity contribution in [2.75, 3.05) is 12.4 Å². The van der Waals surface area contributed by atoms with Crippen LogP contribution in [0.25, 0.3) is 0 Å². The zero-order valence-corrected chi connectivity index (χ0v) is 13.6. The molecule has 0 bridgehead atoms. The van der Waals surface area contributed by atoms with Crippen molar-refractivity contribution < 1.29 is 5.11 Å². The Morgan fingerprint density at radius 2 is 1.36 bits per heavy atom. The lowest BCUT2D eigenvalue weighted by Crippen LogP contribution is -2.31. The Balaban J connectivity index is 1.99. The van der Waals surface area contributed by atoms with Crippen LogP contribution < -0.4 is 0 Å². The third-order valence-corrected chi connectivity index (χ3v) is 3.91. The van der Waals surface area contributed by atoms with Crippen molar-refractivity contribution in [2.24, 2.45) is 0 Å². The number of benzene rings is 2. The third-order valence-electron chi connectivity index (χ3n) is 3.64. The lowest BCUT2D eigenvalue weighted by Gasteiger charge is -2.25. The molecule has 0 aromatic heterocycles. The van der Waals surface area contributed by atoms with Crippen LogP contribution in [-0.4, -0.2) is 28.5 Å². The van der Waals surface area contributed by atoms with E-state index >= 15 is 0 Å². The van der Waals surface area contributed by atoms with Gasteiger partial charge < -0.3 is 5.11 Å². The smallest absolute Gasteiger partial charge is 0.0667 e. The van der Waals surface area contributed by atoms with Crippen LogP contribution in [0, 0.1) is 0 Å². The molecule has 0 aliphatic rings. The molecule has 118 valence electrons. The lowest BCUT2D eigenvalue weighted by atomic mass is 10.1. The summed E-state index contributed by atoms with van der Waals surface area (Å²) in [4.78, 5) is 2.30. The van der Waals surface area contributed by atoms with Crippen LogP contribution in [0.15, 0.2) is 60.7 Å². The van der Waals surface area contributed by atoms with Gasteiger partial charge in [-0.05, 0) is 24.0 Å². The number of nitrogens with zero attached hydrogens (tertiary/aromatic N) is 1. The topological polar surface area (TPSA) is 23.5 Å². The van der Waals surface area contributed by atoms with Crippen molar-refractivity contribution in [3.05, 3.63) is 71.8 Å². The van der Waals surface area contributed by atoms with Crippen LogP contribution in [0.2, 0.25) is 0 Å². The zero-order chi connectivity index (χ0) is 15.6. The monoisotopic (exact) mass is 317 g/mol. The average Bonchev–Trinajstić information content (AvgIpc) is 2.55. The van der Waals surface area contributed by atoms with Gasteiger partial charge in [-0.2, -0.15) is 0 Å². The molecular formula is C19H24ClNO. The first kappa shape index (κ1) is 17.0. The fourth-order valence-corrected chi connectivity index (χ4v) is 2.72. The molecule has 0 saturated carbocycles. The molecule has 0 amide bonds. The Kier molecular flexibility index (Phi) is 7.44. The number of alkyl halides is 1. The van der Waals surface area contributed by atoms with Crippen molar-refractivity contribution in [2.45, 2.75) is 32.0 Å². The molecule has 22 heavy (non-hydrogen) atoms. The summed E-state index contributed by atoms with van der Waals surface area (Å²) in [6.07, 6.45) is 1.28. The lowest BCUT2D eigenvalue weighted by molar-refractivity contribution is 0.0972. The van der Waals surface area contributed by atoms with Gasteiger partial charge >= 0.3 is 0 Å². The predicted molar refractivity (Wildman–Crippen MR) is 93.0 cm³/mol. The van der Waals surface area contributed by atoms with E-state index in [0.717, 1.165) is 25.9 Å². The predicted octanol–water partition coefficient (Wildman–Crippen LogP) is 4.07. The van der Waals surface area contributed by atoms with Gasteiger partial charge in [0.25, 0.3) is 0 Å². The molecule has 0 spiro atoms. The summed E-state index contributed by atoms with van der Waals surface area (Å²) in [6, 6.07) is 20.8. The van der Waals surface area contributed by atoms with E-state index in [1.807, 2.05) is 12.1 Å². The highest BCUT2D eigenvalue weighted by molar-refractivity contribution is 6.17. The molecule has 0 fully saturated rings. The van der Waals surface area contributed by atoms with E-state index in [1.54, 1.807) is 0 Å². The van der Waals surface area contributed by atoms with Gasteiger partial charge in [0.2, 0.25) is 0 Å². The Hall–Kier alpha value is -1.35. The van der Waals surface area contributed by atoms with Gasteiger partial charge in [-0.25, -0.2) is 0 Å². The summed E-state index contributed by atoms with van der Waals surface area (Å²) < 4.78 is 0. The Morgan fingerprint density at radius 1 is 0.864 bits per heavy atom. The van der Waals surface area contributed by atoms with Crippen molar-refractivity contribution in [3.63, 3.8) is 0 Å². The van der Waals surface area contributed by atoms with Crippen LogP contribution in [0.5, 0.6) is 0 Å². The van der Waals surface area contributed by atoms with E-state index in [0.29, 0.717) is 12.4 Å². The van der Waals surface area contributed by atoms with Crippen molar-refractivity contribution in [1.82, 2.24) is 4.90 Å². The number of hydrogen-bond donors (Lipinski definition) is 1. The minimum atomic E-state index is -0.328. The molecule has 2 rings (SSSR count). The fourth-order valence-electron chi connectivity index (χ4n) is 2.57. The molecule has 0 aliphatic heterocycles. The second-order valence-electron chi connectivity index (χ2n) is 5.63. The Bertz CT molecular complexity index is 476. The summed E-state index contributed by atoms with van der Waals surface area (Å²) in [5, 5.41) is 10.2. The van der Waals surface area contributed by atoms with Crippen LogP contribution in [0.4, 0.5) is 0 Å². The highest BCUT2D eigenvalue weighted by atomic mass is 35.5. The molecule has 1 N–H and O–H groups in total. The molecular weight excluding hydrogens is 294 g/mol. The zero-order valence-electron chi connectivity index (χ0n) is 12.9. The van der Waals surface area contributed by atoms with Crippen molar-refractivity contribution >= 4 is 11.6 Å². The summed E-state index contributed by atoms with van der Waals surface area (Å²) in [6.45, 7) is 2.35. The van der Waals surface area contributed by atoms with E-state index in [4.69, 9.17) is 11.6 Å². The summed E-state index contributed by atoms with van der Waals surface area (Å²) in [5.74, 6) is 0.606. The standard InChI is InChI=1S/C19H24ClNO/c20-13-7-12-19(22)16-21(14-17-8-3-1-4-9-17)15-18-10-5-2-6-11-18/h1-6,8-11,19,22H,7,12-16H2. The molecule has 2 aromatic carbocycles. The average molecular weight is 318 g/mol. The van der Waals surface area contributed by atoms with Crippen molar-refractivity contribution in [3.8, 4) is 0 Å². The van der Waals surface area contributed by atoms with Gasteiger partial charge in [0.05, 0.1) is 6.10 Å². The summed E-state index contributed by atoms with van der Waals surface area (Å²) >= 11 is 5.72. The minimum absolute atomic E-state index is 0.328. The number of hydrogen-bond acceptors (Lipinski definition) is 2. The second-order valence-corrected chi connectivity index (χ2v) is 6.00. The third kappa shape index (κ3) is 6.18. The molecule has 0 saturated heterocycles. The van der Waals surface area contributed by atoms with E-state index in [9.17, 15) is 5.11 Å². The molecule has 1 atom stereocenters. The maximum absolute atomic E-state index is 10.2. The van der Waals surface area contributed by atoms with Gasteiger partial charge in [0.15, 0.2) is 0 Å². The van der Waals surface area contributed by atoms with Gasteiger partial charge in [-0.3, -0.25) is 4.90 Å². The van der Waals surface area contributed by atoms with Gasteiger partial charge in [-0.15, -0.1) is 11.6 Å². The summed E-state index contributed by atoms with van der Waals surface area (Å²) in [5.41, 5.74) is 2.53. The highest BCUT2D eigenvalue weighted by Crippen LogP contribution is 2.12. The van der Waals surface area contributed by atoms with Gasteiger partial charge in [-0.1, -0.05) is 60.7 Å². The van der Waals surface area contributed by atoms with Crippen LogP contribution in [0.1, 0.15) is 24.0 Å². The maximum atomic E-state index is 10.2. The Morgan fingerprint density at radius 3 is 1.82 bits per heavy atom. The quantitative estimate of drug-likeness (QED) is 0.705. The molecule has 0 radical (unpaired) electrons. The van der Waals surface area contributed by atoms with Crippen molar-refractivity contribution in [1.29, 1.82) is 0 Å². The van der Waals surface area contributed by atoms with E-state index in [-0.39, 0.29) is 6.10 Å². The highest BCUT2D eigenvalue weighted by Gasteiger charge is 2.12. The molecule has 3 heteroatoms. The fraction of sp³-hybridized carbons (Fsp3) is 0.368. The number of aliphatic hydroxyl groups excluding tert-OH is 1. The summed E-state index contributed by atoms with van der Waals surface area (Å²) in [7, 11) is 0. The number of halogens is 1. The SMILES string of the molecule is OC(CCCCl)CN(Cc1ccccc1)Cc1ccccc1. The first-order valence-electron chi connectivity index (χ1n) is 7.82. The second kappa shape index (κ2) is 9.62. The van der Waals surface area contributed by atoms with E-state index in [2.05, 4.69) is 53.4 Å². The van der Waals surface area contributed by atoms with Crippen LogP contribution >= 0.6 is 11.6 Å². The minimum Gasteiger partial charge on any atom is -0.392 e. The molecule has 0 heterocycles. The number of rotatable bonds is 9. The van der Waals surface area contributed by atoms with E-state index < -0.39 is 0 Å².